The molecule has 1 aliphatic carbocycles. The van der Waals surface area contributed by atoms with Crippen LogP contribution >= 0.6 is 0 Å². The van der Waals surface area contributed by atoms with Gasteiger partial charge in [0.25, 0.3) is 11.8 Å². The van der Waals surface area contributed by atoms with E-state index in [1.165, 1.54) is 4.90 Å². The van der Waals surface area contributed by atoms with Crippen molar-refractivity contribution in [3.05, 3.63) is 0 Å². The van der Waals surface area contributed by atoms with Crippen molar-refractivity contribution in [2.45, 2.75) is 43.8 Å². The zero-order valence-corrected chi connectivity index (χ0v) is 14.5. The molecule has 4 aliphatic rings. The number of hydroxylamine groups is 2. The molecule has 13 heteroatoms. The standard InChI is InChI=1S/C13H19N5O7S/c19-10(7-1-4-14-7)15-16-11(20)8-5-13(2-3-13)9-6-17(8)12(21)18(9)25-26(22,23)24/h7-9,14H,1-6H2,(H,15,19)(H,16,20)(H,22,23,24). The van der Waals surface area contributed by atoms with Gasteiger partial charge in [0, 0.05) is 6.54 Å². The van der Waals surface area contributed by atoms with E-state index in [2.05, 4.69) is 20.5 Å². The minimum atomic E-state index is -4.85. The fraction of sp³-hybridized carbons (Fsp3) is 0.769. The number of hydrazine groups is 1. The Hall–Kier alpha value is -1.96. The maximum absolute atomic E-state index is 12.5. The van der Waals surface area contributed by atoms with Gasteiger partial charge in [0.15, 0.2) is 0 Å². The van der Waals surface area contributed by atoms with Crippen LogP contribution in [0.5, 0.6) is 0 Å². The average molecular weight is 389 g/mol. The molecule has 2 bridgehead atoms. The lowest BCUT2D eigenvalue weighted by Crippen LogP contribution is -2.60. The normalized spacial score (nSPS) is 31.6. The first kappa shape index (κ1) is 17.5. The van der Waals surface area contributed by atoms with Crippen LogP contribution < -0.4 is 16.2 Å². The summed E-state index contributed by atoms with van der Waals surface area (Å²) in [5.41, 5.74) is 4.24. The van der Waals surface area contributed by atoms with E-state index in [1.807, 2.05) is 0 Å². The predicted molar refractivity (Wildman–Crippen MR) is 83.1 cm³/mol. The molecular formula is C13H19N5O7S. The van der Waals surface area contributed by atoms with E-state index in [9.17, 15) is 22.8 Å². The lowest BCUT2D eigenvalue weighted by molar-refractivity contribution is -0.134. The number of fused-ring (bicyclic) bond motifs is 3. The highest BCUT2D eigenvalue weighted by Crippen LogP contribution is 2.59. The molecule has 0 aromatic rings. The van der Waals surface area contributed by atoms with E-state index >= 15 is 0 Å². The zero-order valence-electron chi connectivity index (χ0n) is 13.7. The summed E-state index contributed by atoms with van der Waals surface area (Å²) >= 11 is 0. The Kier molecular flexibility index (Phi) is 3.87. The first-order chi connectivity index (χ1) is 12.2. The molecule has 3 saturated heterocycles. The van der Waals surface area contributed by atoms with Crippen molar-refractivity contribution in [3.8, 4) is 0 Å². The van der Waals surface area contributed by atoms with E-state index < -0.39 is 39.8 Å². The third-order valence-electron chi connectivity index (χ3n) is 5.59. The highest BCUT2D eigenvalue weighted by molar-refractivity contribution is 7.80. The largest absolute Gasteiger partial charge is 0.418 e. The van der Waals surface area contributed by atoms with Crippen molar-refractivity contribution < 1.29 is 31.6 Å². The lowest BCUT2D eigenvalue weighted by Gasteiger charge is -2.35. The maximum atomic E-state index is 12.5. The maximum Gasteiger partial charge on any atom is 0.418 e. The Bertz CT molecular complexity index is 763. The second-order valence-corrected chi connectivity index (χ2v) is 8.14. The van der Waals surface area contributed by atoms with Crippen molar-refractivity contribution in [2.24, 2.45) is 5.41 Å². The van der Waals surface area contributed by atoms with Gasteiger partial charge in [0.1, 0.15) is 6.04 Å². The third kappa shape index (κ3) is 2.90. The van der Waals surface area contributed by atoms with Crippen LogP contribution in [0.1, 0.15) is 25.7 Å². The summed E-state index contributed by atoms with van der Waals surface area (Å²) < 4.78 is 35.4. The number of hydrogen-bond acceptors (Lipinski definition) is 7. The Labute approximate surface area is 149 Å². The van der Waals surface area contributed by atoms with Crippen molar-refractivity contribution in [1.82, 2.24) is 26.1 Å². The zero-order chi connectivity index (χ0) is 18.7. The Morgan fingerprint density at radius 2 is 1.92 bits per heavy atom. The van der Waals surface area contributed by atoms with E-state index in [0.29, 0.717) is 30.7 Å². The van der Waals surface area contributed by atoms with Gasteiger partial charge in [0.05, 0.1) is 12.1 Å². The average Bonchev–Trinajstić information content (AvgIpc) is 3.21. The monoisotopic (exact) mass is 389 g/mol. The van der Waals surface area contributed by atoms with E-state index in [1.54, 1.807) is 0 Å². The van der Waals surface area contributed by atoms with Gasteiger partial charge in [-0.25, -0.2) is 4.79 Å². The van der Waals surface area contributed by atoms with E-state index in [0.717, 1.165) is 6.54 Å². The molecule has 12 nitrogen and oxygen atoms in total. The molecule has 144 valence electrons. The van der Waals surface area contributed by atoms with Crippen molar-refractivity contribution >= 4 is 28.2 Å². The van der Waals surface area contributed by atoms with Gasteiger partial charge in [-0.1, -0.05) is 0 Å². The van der Waals surface area contributed by atoms with Crippen molar-refractivity contribution in [3.63, 3.8) is 0 Å². The van der Waals surface area contributed by atoms with E-state index in [4.69, 9.17) is 4.55 Å². The molecule has 26 heavy (non-hydrogen) atoms. The molecule has 4 amide bonds. The van der Waals surface area contributed by atoms with Crippen LogP contribution in [-0.2, 0) is 24.3 Å². The van der Waals surface area contributed by atoms with Crippen LogP contribution in [0.3, 0.4) is 0 Å². The minimum Gasteiger partial charge on any atom is -0.309 e. The Balaban J connectivity index is 1.46. The van der Waals surface area contributed by atoms with Gasteiger partial charge >= 0.3 is 16.4 Å². The molecule has 3 aliphatic heterocycles. The van der Waals surface area contributed by atoms with Crippen LogP contribution in [-0.4, -0.2) is 72.0 Å². The Morgan fingerprint density at radius 3 is 2.46 bits per heavy atom. The summed E-state index contributed by atoms with van der Waals surface area (Å²) in [6.07, 6.45) is 2.44. The highest BCUT2D eigenvalue weighted by Gasteiger charge is 2.65. The number of carbonyl (C=O) groups excluding carboxylic acids is 3. The SMILES string of the molecule is O=C(NNC(=O)C1CC2(CC2)C2CN1C(=O)N2OS(=O)(=O)O)C1CCN1. The van der Waals surface area contributed by atoms with Gasteiger partial charge in [0.2, 0.25) is 0 Å². The lowest BCUT2D eigenvalue weighted by atomic mass is 9.85. The number of nitrogens with one attached hydrogen (secondary N) is 3. The van der Waals surface area contributed by atoms with E-state index in [-0.39, 0.29) is 18.5 Å². The summed E-state index contributed by atoms with van der Waals surface area (Å²) in [5.74, 6) is -0.909. The van der Waals surface area contributed by atoms with Crippen LogP contribution in [0, 0.1) is 5.41 Å². The summed E-state index contributed by atoms with van der Waals surface area (Å²) in [4.78, 5) is 38.0. The minimum absolute atomic E-state index is 0.116. The first-order valence-corrected chi connectivity index (χ1v) is 9.67. The quantitative estimate of drug-likeness (QED) is 0.314. The molecular weight excluding hydrogens is 370 g/mol. The molecule has 3 unspecified atom stereocenters. The van der Waals surface area contributed by atoms with Crippen LogP contribution in [0.4, 0.5) is 4.79 Å². The number of carbonyl (C=O) groups is 3. The predicted octanol–water partition coefficient (Wildman–Crippen LogP) is -2.11. The first-order valence-electron chi connectivity index (χ1n) is 8.30. The number of piperidine rings is 1. The molecule has 0 aromatic carbocycles. The van der Waals surface area contributed by atoms with Gasteiger partial charge in [-0.2, -0.15) is 13.5 Å². The smallest absolute Gasteiger partial charge is 0.309 e. The molecule has 1 saturated carbocycles. The summed E-state index contributed by atoms with van der Waals surface area (Å²) in [6, 6.07) is -2.54. The summed E-state index contributed by atoms with van der Waals surface area (Å²) in [5, 5.41) is 3.55. The molecule has 0 aromatic heterocycles. The molecule has 3 heterocycles. The third-order valence-corrected chi connectivity index (χ3v) is 5.94. The molecule has 3 atom stereocenters. The van der Waals surface area contributed by atoms with Crippen LogP contribution in [0.15, 0.2) is 0 Å². The van der Waals surface area contributed by atoms with Crippen LogP contribution in [0.2, 0.25) is 0 Å². The topological polar surface area (TPSA) is 157 Å². The number of nitrogens with zero attached hydrogens (tertiary/aromatic N) is 2. The molecule has 4 fully saturated rings. The number of rotatable bonds is 4. The molecule has 4 N–H and O–H groups in total. The fourth-order valence-electron chi connectivity index (χ4n) is 3.86. The van der Waals surface area contributed by atoms with Gasteiger partial charge < -0.3 is 10.2 Å². The summed E-state index contributed by atoms with van der Waals surface area (Å²) in [7, 11) is -4.85. The molecule has 4 rings (SSSR count). The van der Waals surface area contributed by atoms with Crippen molar-refractivity contribution in [1.29, 1.82) is 0 Å². The fourth-order valence-corrected chi connectivity index (χ4v) is 4.23. The summed E-state index contributed by atoms with van der Waals surface area (Å²) in [6.45, 7) is 0.856. The number of urea groups is 1. The number of hydrogen-bond donors (Lipinski definition) is 4. The number of amides is 4. The second kappa shape index (κ2) is 5.77. The highest BCUT2D eigenvalue weighted by atomic mass is 32.3. The van der Waals surface area contributed by atoms with Gasteiger partial charge in [-0.05, 0) is 37.6 Å². The Morgan fingerprint density at radius 1 is 1.27 bits per heavy atom. The molecule has 0 radical (unpaired) electrons. The van der Waals surface area contributed by atoms with Gasteiger partial charge in [-0.15, -0.1) is 4.28 Å². The van der Waals surface area contributed by atoms with Gasteiger partial charge in [-0.3, -0.25) is 25.0 Å². The van der Waals surface area contributed by atoms with Crippen LogP contribution in [0.25, 0.3) is 0 Å². The second-order valence-electron chi connectivity index (χ2n) is 7.13. The molecule has 1 spiro atoms. The van der Waals surface area contributed by atoms with Crippen molar-refractivity contribution in [2.75, 3.05) is 13.1 Å².